The number of hydrogen-bond acceptors (Lipinski definition) is 4. The largest absolute Gasteiger partial charge is 0.302 e. The fraction of sp³-hybridized carbons (Fsp3) is 0.273. The van der Waals surface area contributed by atoms with Crippen LogP contribution in [0.1, 0.15) is 23.7 Å². The molecule has 1 N–H and O–H groups in total. The van der Waals surface area contributed by atoms with Gasteiger partial charge in [0.2, 0.25) is 0 Å². The Hall–Kier alpha value is -1.26. The quantitative estimate of drug-likeness (QED) is 0.858. The summed E-state index contributed by atoms with van der Waals surface area (Å²) in [6, 6.07) is 6.22. The number of nitrogens with one attached hydrogen (secondary N) is 1. The molecule has 1 atom stereocenters. The molecule has 78 valence electrons. The van der Waals surface area contributed by atoms with Gasteiger partial charge in [0.1, 0.15) is 5.01 Å². The number of rotatable bonds is 4. The zero-order chi connectivity index (χ0) is 10.5. The summed E-state index contributed by atoms with van der Waals surface area (Å²) < 4.78 is 0. The van der Waals surface area contributed by atoms with Gasteiger partial charge in [0.15, 0.2) is 0 Å². The van der Waals surface area contributed by atoms with Crippen LogP contribution in [-0.4, -0.2) is 9.97 Å². The Balaban J connectivity index is 1.89. The van der Waals surface area contributed by atoms with Crippen LogP contribution in [0.5, 0.6) is 0 Å². The molecule has 2 rings (SSSR count). The topological polar surface area (TPSA) is 37.8 Å². The van der Waals surface area contributed by atoms with Crippen LogP contribution >= 0.6 is 11.3 Å². The van der Waals surface area contributed by atoms with E-state index in [0.717, 1.165) is 17.2 Å². The molecule has 0 unspecified atom stereocenters. The molecule has 15 heavy (non-hydrogen) atoms. The second-order valence-electron chi connectivity index (χ2n) is 3.29. The summed E-state index contributed by atoms with van der Waals surface area (Å²) in [6.07, 6.45) is 3.64. The van der Waals surface area contributed by atoms with Crippen LogP contribution in [0.25, 0.3) is 0 Å². The van der Waals surface area contributed by atoms with Crippen molar-refractivity contribution >= 4 is 11.3 Å². The molecule has 0 amide bonds. The molecule has 0 spiro atoms. The van der Waals surface area contributed by atoms with E-state index in [2.05, 4.69) is 22.2 Å². The van der Waals surface area contributed by atoms with Gasteiger partial charge in [0.25, 0.3) is 0 Å². The number of hydrogen-bond donors (Lipinski definition) is 1. The first-order valence-corrected chi connectivity index (χ1v) is 5.77. The van der Waals surface area contributed by atoms with Gasteiger partial charge in [-0.1, -0.05) is 6.07 Å². The predicted octanol–water partition coefficient (Wildman–Crippen LogP) is 2.39. The summed E-state index contributed by atoms with van der Waals surface area (Å²) >= 11 is 1.67. The van der Waals surface area contributed by atoms with E-state index in [1.165, 1.54) is 0 Å². The van der Waals surface area contributed by atoms with Crippen molar-refractivity contribution in [3.05, 3.63) is 46.7 Å². The van der Waals surface area contributed by atoms with Crippen LogP contribution in [0.4, 0.5) is 0 Å². The van der Waals surface area contributed by atoms with Gasteiger partial charge in [0.05, 0.1) is 11.7 Å². The van der Waals surface area contributed by atoms with E-state index in [-0.39, 0.29) is 6.04 Å². The average Bonchev–Trinajstić information content (AvgIpc) is 2.81. The lowest BCUT2D eigenvalue weighted by Crippen LogP contribution is -2.18. The molecule has 0 radical (unpaired) electrons. The van der Waals surface area contributed by atoms with Crippen LogP contribution in [0.2, 0.25) is 0 Å². The normalized spacial score (nSPS) is 12.6. The number of thiazole rings is 1. The van der Waals surface area contributed by atoms with Crippen molar-refractivity contribution in [2.75, 3.05) is 0 Å². The van der Waals surface area contributed by atoms with Gasteiger partial charge >= 0.3 is 0 Å². The predicted molar refractivity (Wildman–Crippen MR) is 61.6 cm³/mol. The van der Waals surface area contributed by atoms with Gasteiger partial charge in [-0.15, -0.1) is 11.3 Å². The van der Waals surface area contributed by atoms with Crippen LogP contribution in [0, 0.1) is 0 Å². The van der Waals surface area contributed by atoms with Crippen molar-refractivity contribution < 1.29 is 0 Å². The molecule has 0 aliphatic rings. The minimum Gasteiger partial charge on any atom is -0.302 e. The smallest absolute Gasteiger partial charge is 0.109 e. The first-order valence-electron chi connectivity index (χ1n) is 4.89. The number of pyridine rings is 1. The van der Waals surface area contributed by atoms with Crippen LogP contribution < -0.4 is 5.32 Å². The van der Waals surface area contributed by atoms with Crippen LogP contribution in [0.3, 0.4) is 0 Å². The lowest BCUT2D eigenvalue weighted by atomic mass is 10.3. The first-order chi connectivity index (χ1) is 7.36. The highest BCUT2D eigenvalue weighted by Crippen LogP contribution is 2.14. The third-order valence-electron chi connectivity index (χ3n) is 2.14. The minimum absolute atomic E-state index is 0.284. The molecule has 2 aromatic rings. The Labute approximate surface area is 93.2 Å². The molecule has 0 fully saturated rings. The van der Waals surface area contributed by atoms with E-state index in [0.29, 0.717) is 0 Å². The van der Waals surface area contributed by atoms with E-state index >= 15 is 0 Å². The lowest BCUT2D eigenvalue weighted by Gasteiger charge is -2.10. The van der Waals surface area contributed by atoms with Gasteiger partial charge < -0.3 is 5.32 Å². The monoisotopic (exact) mass is 219 g/mol. The van der Waals surface area contributed by atoms with E-state index in [1.807, 2.05) is 36.0 Å². The molecule has 0 aliphatic carbocycles. The fourth-order valence-corrected chi connectivity index (χ4v) is 1.97. The van der Waals surface area contributed by atoms with E-state index < -0.39 is 0 Å². The average molecular weight is 219 g/mol. The molecule has 0 aromatic carbocycles. The van der Waals surface area contributed by atoms with Crippen LogP contribution in [-0.2, 0) is 6.54 Å². The summed E-state index contributed by atoms with van der Waals surface area (Å²) in [5.74, 6) is 0. The van der Waals surface area contributed by atoms with Gasteiger partial charge in [-0.25, -0.2) is 4.98 Å². The third kappa shape index (κ3) is 2.84. The van der Waals surface area contributed by atoms with Crippen molar-refractivity contribution in [1.82, 2.24) is 15.3 Å². The second-order valence-corrected chi connectivity index (χ2v) is 4.22. The Morgan fingerprint density at radius 2 is 2.27 bits per heavy atom. The Morgan fingerprint density at radius 1 is 1.33 bits per heavy atom. The minimum atomic E-state index is 0.284. The molecule has 3 nitrogen and oxygen atoms in total. The molecule has 4 heteroatoms. The Bertz CT molecular complexity index is 385. The molecular formula is C11H13N3S. The fourth-order valence-electron chi connectivity index (χ4n) is 1.30. The number of nitrogens with zero attached hydrogens (tertiary/aromatic N) is 2. The second kappa shape index (κ2) is 5.00. The van der Waals surface area contributed by atoms with Gasteiger partial charge in [0, 0.05) is 24.3 Å². The van der Waals surface area contributed by atoms with Gasteiger partial charge in [-0.3, -0.25) is 4.98 Å². The summed E-state index contributed by atoms with van der Waals surface area (Å²) in [5, 5.41) is 6.50. The van der Waals surface area contributed by atoms with Crippen molar-refractivity contribution in [1.29, 1.82) is 0 Å². The maximum atomic E-state index is 4.26. The van der Waals surface area contributed by atoms with Gasteiger partial charge in [-0.2, -0.15) is 0 Å². The Morgan fingerprint density at radius 3 is 2.93 bits per heavy atom. The molecule has 2 heterocycles. The first kappa shape index (κ1) is 10.3. The molecule has 2 aromatic heterocycles. The molecule has 0 bridgehead atoms. The maximum Gasteiger partial charge on any atom is 0.109 e. The van der Waals surface area contributed by atoms with Crippen molar-refractivity contribution in [3.63, 3.8) is 0 Å². The van der Waals surface area contributed by atoms with Crippen molar-refractivity contribution in [2.45, 2.75) is 19.5 Å². The van der Waals surface area contributed by atoms with Gasteiger partial charge in [-0.05, 0) is 19.1 Å². The standard InChI is InChI=1S/C11H13N3S/c1-9(11-13-6-7-15-11)14-8-10-4-2-3-5-12-10/h2-7,9,14H,8H2,1H3/t9-/m0/s1. The highest BCUT2D eigenvalue weighted by atomic mass is 32.1. The SMILES string of the molecule is C[C@H](NCc1ccccn1)c1nccs1. The van der Waals surface area contributed by atoms with E-state index in [9.17, 15) is 0 Å². The zero-order valence-corrected chi connectivity index (χ0v) is 9.37. The van der Waals surface area contributed by atoms with E-state index in [4.69, 9.17) is 0 Å². The van der Waals surface area contributed by atoms with Crippen LogP contribution in [0.15, 0.2) is 36.0 Å². The highest BCUT2D eigenvalue weighted by molar-refractivity contribution is 7.09. The highest BCUT2D eigenvalue weighted by Gasteiger charge is 2.06. The summed E-state index contributed by atoms with van der Waals surface area (Å²) in [6.45, 7) is 2.89. The Kier molecular flexibility index (Phi) is 3.42. The molecule has 0 aliphatic heterocycles. The zero-order valence-electron chi connectivity index (χ0n) is 8.55. The van der Waals surface area contributed by atoms with Crippen molar-refractivity contribution in [2.24, 2.45) is 0 Å². The van der Waals surface area contributed by atoms with E-state index in [1.54, 1.807) is 11.3 Å². The summed E-state index contributed by atoms with van der Waals surface area (Å²) in [7, 11) is 0. The molecule has 0 saturated heterocycles. The summed E-state index contributed by atoms with van der Waals surface area (Å²) in [4.78, 5) is 8.52. The summed E-state index contributed by atoms with van der Waals surface area (Å²) in [5.41, 5.74) is 1.06. The molecular weight excluding hydrogens is 206 g/mol. The van der Waals surface area contributed by atoms with Crippen molar-refractivity contribution in [3.8, 4) is 0 Å². The number of aromatic nitrogens is 2. The lowest BCUT2D eigenvalue weighted by molar-refractivity contribution is 0.565. The maximum absolute atomic E-state index is 4.26. The molecule has 0 saturated carbocycles. The third-order valence-corrected chi connectivity index (χ3v) is 3.10.